The maximum absolute atomic E-state index is 5.88. The van der Waals surface area contributed by atoms with Crippen LogP contribution in [0.3, 0.4) is 0 Å². The minimum Gasteiger partial charge on any atom is -0.493 e. The quantitative estimate of drug-likeness (QED) is 0.877. The van der Waals surface area contributed by atoms with Crippen molar-refractivity contribution in [1.29, 1.82) is 0 Å². The maximum atomic E-state index is 5.88. The van der Waals surface area contributed by atoms with E-state index in [0.29, 0.717) is 23.1 Å². The number of aromatic amines is 1. The molecule has 20 heavy (non-hydrogen) atoms. The van der Waals surface area contributed by atoms with E-state index in [-0.39, 0.29) is 6.10 Å². The average molecular weight is 277 g/mol. The van der Waals surface area contributed by atoms with Crippen LogP contribution in [0.2, 0.25) is 0 Å². The molecule has 0 atom stereocenters. The number of ether oxygens (including phenoxy) is 3. The number of nitrogens with two attached hydrogens (primary N) is 1. The van der Waals surface area contributed by atoms with E-state index in [1.807, 2.05) is 26.0 Å². The van der Waals surface area contributed by atoms with Crippen molar-refractivity contribution in [3.63, 3.8) is 0 Å². The number of rotatable bonds is 5. The van der Waals surface area contributed by atoms with Gasteiger partial charge >= 0.3 is 0 Å². The SMILES string of the molecule is COc1ccc(-c2cc(N)n[nH]2)c(OC(C)C)c1OC. The Morgan fingerprint density at radius 2 is 1.90 bits per heavy atom. The second-order valence-electron chi connectivity index (χ2n) is 4.55. The smallest absolute Gasteiger partial charge is 0.204 e. The summed E-state index contributed by atoms with van der Waals surface area (Å²) < 4.78 is 16.6. The van der Waals surface area contributed by atoms with E-state index < -0.39 is 0 Å². The van der Waals surface area contributed by atoms with Crippen molar-refractivity contribution in [2.24, 2.45) is 0 Å². The molecule has 2 aromatic rings. The van der Waals surface area contributed by atoms with E-state index in [1.54, 1.807) is 20.3 Å². The molecule has 0 saturated heterocycles. The van der Waals surface area contributed by atoms with Gasteiger partial charge < -0.3 is 19.9 Å². The number of H-pyrrole nitrogens is 1. The number of aromatic nitrogens is 2. The summed E-state index contributed by atoms with van der Waals surface area (Å²) in [5.41, 5.74) is 7.24. The van der Waals surface area contributed by atoms with E-state index in [9.17, 15) is 0 Å². The third-order valence-corrected chi connectivity index (χ3v) is 2.74. The zero-order valence-corrected chi connectivity index (χ0v) is 12.1. The van der Waals surface area contributed by atoms with Gasteiger partial charge in [0.05, 0.1) is 26.0 Å². The topological polar surface area (TPSA) is 82.4 Å². The Bertz CT molecular complexity index is 593. The predicted octanol–water partition coefficient (Wildman–Crippen LogP) is 2.46. The molecule has 0 saturated carbocycles. The predicted molar refractivity (Wildman–Crippen MR) is 77.3 cm³/mol. The molecular weight excluding hydrogens is 258 g/mol. The highest BCUT2D eigenvalue weighted by atomic mass is 16.5. The third-order valence-electron chi connectivity index (χ3n) is 2.74. The fraction of sp³-hybridized carbons (Fsp3) is 0.357. The fourth-order valence-electron chi connectivity index (χ4n) is 1.94. The number of hydrogen-bond donors (Lipinski definition) is 2. The number of benzene rings is 1. The molecule has 0 amide bonds. The van der Waals surface area contributed by atoms with Gasteiger partial charge in [0.2, 0.25) is 5.75 Å². The molecule has 6 nitrogen and oxygen atoms in total. The van der Waals surface area contributed by atoms with E-state index in [0.717, 1.165) is 11.3 Å². The highest BCUT2D eigenvalue weighted by Gasteiger charge is 2.19. The molecule has 2 rings (SSSR count). The molecule has 0 aliphatic heterocycles. The number of nitrogens with zero attached hydrogens (tertiary/aromatic N) is 1. The molecule has 1 heterocycles. The Hall–Kier alpha value is -2.37. The van der Waals surface area contributed by atoms with Crippen molar-refractivity contribution in [1.82, 2.24) is 10.2 Å². The molecular formula is C14H19N3O3. The van der Waals surface area contributed by atoms with Crippen LogP contribution in [0.1, 0.15) is 13.8 Å². The molecule has 3 N–H and O–H groups in total. The van der Waals surface area contributed by atoms with Crippen molar-refractivity contribution in [2.45, 2.75) is 20.0 Å². The molecule has 0 radical (unpaired) electrons. The second-order valence-corrected chi connectivity index (χ2v) is 4.55. The Labute approximate surface area is 117 Å². The van der Waals surface area contributed by atoms with Gasteiger partial charge in [0, 0.05) is 11.6 Å². The summed E-state index contributed by atoms with van der Waals surface area (Å²) in [7, 11) is 3.17. The van der Waals surface area contributed by atoms with Gasteiger partial charge in [0.1, 0.15) is 5.82 Å². The molecule has 0 bridgehead atoms. The number of methoxy groups -OCH3 is 2. The summed E-state index contributed by atoms with van der Waals surface area (Å²) in [4.78, 5) is 0. The summed E-state index contributed by atoms with van der Waals surface area (Å²) in [6.45, 7) is 3.90. The third kappa shape index (κ3) is 2.64. The lowest BCUT2D eigenvalue weighted by Gasteiger charge is -2.18. The summed E-state index contributed by atoms with van der Waals surface area (Å²) in [6, 6.07) is 5.44. The van der Waals surface area contributed by atoms with Crippen molar-refractivity contribution < 1.29 is 14.2 Å². The lowest BCUT2D eigenvalue weighted by Crippen LogP contribution is -2.08. The van der Waals surface area contributed by atoms with Gasteiger partial charge in [0.15, 0.2) is 11.5 Å². The molecule has 6 heteroatoms. The van der Waals surface area contributed by atoms with Crippen molar-refractivity contribution in [3.8, 4) is 28.5 Å². The molecule has 0 fully saturated rings. The first-order valence-corrected chi connectivity index (χ1v) is 6.29. The molecule has 1 aromatic carbocycles. The molecule has 108 valence electrons. The van der Waals surface area contributed by atoms with Crippen LogP contribution in [-0.2, 0) is 0 Å². The van der Waals surface area contributed by atoms with Crippen LogP contribution in [0, 0.1) is 0 Å². The number of hydrogen-bond acceptors (Lipinski definition) is 5. The van der Waals surface area contributed by atoms with Crippen molar-refractivity contribution >= 4 is 5.82 Å². The summed E-state index contributed by atoms with van der Waals surface area (Å²) in [6.07, 6.45) is -0.00461. The Morgan fingerprint density at radius 1 is 1.15 bits per heavy atom. The van der Waals surface area contributed by atoms with Gasteiger partial charge in [-0.3, -0.25) is 5.10 Å². The molecule has 0 spiro atoms. The van der Waals surface area contributed by atoms with Crippen LogP contribution in [0.5, 0.6) is 17.2 Å². The molecule has 0 unspecified atom stereocenters. The first-order chi connectivity index (χ1) is 9.56. The van der Waals surface area contributed by atoms with E-state index in [2.05, 4.69) is 10.2 Å². The standard InChI is InChI=1S/C14H19N3O3/c1-8(2)20-13-9(10-7-12(15)17-16-10)5-6-11(18-3)14(13)19-4/h5-8H,1-4H3,(H3,15,16,17). The van der Waals surface area contributed by atoms with Crippen molar-refractivity contribution in [3.05, 3.63) is 18.2 Å². The molecule has 1 aromatic heterocycles. The zero-order chi connectivity index (χ0) is 14.7. The van der Waals surface area contributed by atoms with Crippen LogP contribution >= 0.6 is 0 Å². The number of anilines is 1. The Morgan fingerprint density at radius 3 is 2.40 bits per heavy atom. The van der Waals surface area contributed by atoms with Crippen molar-refractivity contribution in [2.75, 3.05) is 20.0 Å². The largest absolute Gasteiger partial charge is 0.493 e. The van der Waals surface area contributed by atoms with Gasteiger partial charge in [-0.25, -0.2) is 0 Å². The van der Waals surface area contributed by atoms with Crippen LogP contribution in [0.25, 0.3) is 11.3 Å². The fourth-order valence-corrected chi connectivity index (χ4v) is 1.94. The van der Waals surface area contributed by atoms with Crippen LogP contribution in [0.15, 0.2) is 18.2 Å². The van der Waals surface area contributed by atoms with Gasteiger partial charge in [-0.1, -0.05) is 0 Å². The van der Waals surface area contributed by atoms with Crippen LogP contribution in [0.4, 0.5) is 5.82 Å². The van der Waals surface area contributed by atoms with E-state index in [1.165, 1.54) is 0 Å². The summed E-state index contributed by atoms with van der Waals surface area (Å²) in [5.74, 6) is 2.18. The van der Waals surface area contributed by atoms with Gasteiger partial charge in [-0.15, -0.1) is 0 Å². The lowest BCUT2D eigenvalue weighted by atomic mass is 10.1. The molecule has 0 aliphatic rings. The highest BCUT2D eigenvalue weighted by Crippen LogP contribution is 2.44. The van der Waals surface area contributed by atoms with Crippen LogP contribution in [-0.4, -0.2) is 30.5 Å². The van der Waals surface area contributed by atoms with Gasteiger partial charge in [-0.05, 0) is 26.0 Å². The summed E-state index contributed by atoms with van der Waals surface area (Å²) in [5, 5.41) is 6.81. The highest BCUT2D eigenvalue weighted by molar-refractivity contribution is 5.75. The Balaban J connectivity index is 2.61. The first-order valence-electron chi connectivity index (χ1n) is 6.29. The average Bonchev–Trinajstić information content (AvgIpc) is 2.84. The number of nitrogen functional groups attached to an aromatic ring is 1. The van der Waals surface area contributed by atoms with Gasteiger partial charge in [0.25, 0.3) is 0 Å². The first kappa shape index (κ1) is 14.0. The monoisotopic (exact) mass is 277 g/mol. The zero-order valence-electron chi connectivity index (χ0n) is 12.1. The normalized spacial score (nSPS) is 10.7. The lowest BCUT2D eigenvalue weighted by molar-refractivity contribution is 0.227. The van der Waals surface area contributed by atoms with Crippen LogP contribution < -0.4 is 19.9 Å². The minimum atomic E-state index is -0.00461. The van der Waals surface area contributed by atoms with Gasteiger partial charge in [-0.2, -0.15) is 5.10 Å². The van der Waals surface area contributed by atoms with E-state index >= 15 is 0 Å². The summed E-state index contributed by atoms with van der Waals surface area (Å²) >= 11 is 0. The van der Waals surface area contributed by atoms with E-state index in [4.69, 9.17) is 19.9 Å². The number of nitrogens with one attached hydrogen (secondary N) is 1. The maximum Gasteiger partial charge on any atom is 0.204 e. The molecule has 0 aliphatic carbocycles. The minimum absolute atomic E-state index is 0.00461. The second kappa shape index (κ2) is 5.73. The Kier molecular flexibility index (Phi) is 4.02.